The molecule has 21 heavy (non-hydrogen) atoms. The lowest BCUT2D eigenvalue weighted by atomic mass is 10.1. The number of anilines is 1. The van der Waals surface area contributed by atoms with Crippen molar-refractivity contribution in [1.29, 1.82) is 0 Å². The van der Waals surface area contributed by atoms with Gasteiger partial charge in [0.05, 0.1) is 0 Å². The maximum Gasteiger partial charge on any atom is 0.329 e. The molecule has 1 unspecified atom stereocenters. The first kappa shape index (κ1) is 17.5. The van der Waals surface area contributed by atoms with Crippen LogP contribution in [0, 0.1) is 0 Å². The van der Waals surface area contributed by atoms with Crippen LogP contribution in [0.1, 0.15) is 25.8 Å². The normalized spacial score (nSPS) is 12.0. The number of amides is 1. The standard InChI is InChI=1S/C15H20ClNO4/c1-3-11-7-5-6-8-13(11)17(10-21-9-14(18)19)15(20)12(16)4-2/h5-8,12H,3-4,9-10H2,1-2H3,(H,18,19). The number of aryl methyl sites for hydroxylation is 1. The van der Waals surface area contributed by atoms with Crippen LogP contribution in [0.25, 0.3) is 0 Å². The van der Waals surface area contributed by atoms with Gasteiger partial charge in [-0.3, -0.25) is 9.69 Å². The van der Waals surface area contributed by atoms with Crippen molar-refractivity contribution in [3.05, 3.63) is 29.8 Å². The molecular weight excluding hydrogens is 294 g/mol. The van der Waals surface area contributed by atoms with E-state index < -0.39 is 18.0 Å². The molecule has 1 rings (SSSR count). The fourth-order valence-corrected chi connectivity index (χ4v) is 2.01. The molecule has 5 nitrogen and oxygen atoms in total. The van der Waals surface area contributed by atoms with Gasteiger partial charge >= 0.3 is 5.97 Å². The second-order valence-corrected chi connectivity index (χ2v) is 5.02. The summed E-state index contributed by atoms with van der Waals surface area (Å²) < 4.78 is 5.07. The van der Waals surface area contributed by atoms with Crippen LogP contribution in [0.3, 0.4) is 0 Å². The van der Waals surface area contributed by atoms with Crippen molar-refractivity contribution in [2.45, 2.75) is 32.1 Å². The Morgan fingerprint density at radius 1 is 1.33 bits per heavy atom. The van der Waals surface area contributed by atoms with Crippen molar-refractivity contribution < 1.29 is 19.4 Å². The number of alkyl halides is 1. The minimum Gasteiger partial charge on any atom is -0.480 e. The molecule has 0 aromatic heterocycles. The Morgan fingerprint density at radius 2 is 2.00 bits per heavy atom. The first-order valence-corrected chi connectivity index (χ1v) is 7.27. The van der Waals surface area contributed by atoms with Crippen molar-refractivity contribution in [1.82, 2.24) is 0 Å². The zero-order chi connectivity index (χ0) is 15.8. The highest BCUT2D eigenvalue weighted by molar-refractivity contribution is 6.32. The molecule has 0 aliphatic heterocycles. The predicted octanol–water partition coefficient (Wildman–Crippen LogP) is 2.66. The number of ether oxygens (including phenoxy) is 1. The molecular formula is C15H20ClNO4. The van der Waals surface area contributed by atoms with Crippen LogP contribution < -0.4 is 4.90 Å². The summed E-state index contributed by atoms with van der Waals surface area (Å²) in [7, 11) is 0. The summed E-state index contributed by atoms with van der Waals surface area (Å²) in [6.07, 6.45) is 1.24. The van der Waals surface area contributed by atoms with Gasteiger partial charge < -0.3 is 9.84 Å². The van der Waals surface area contributed by atoms with Crippen molar-refractivity contribution in [3.63, 3.8) is 0 Å². The van der Waals surface area contributed by atoms with Crippen molar-refractivity contribution in [2.75, 3.05) is 18.2 Å². The Balaban J connectivity index is 3.00. The van der Waals surface area contributed by atoms with Gasteiger partial charge in [0.15, 0.2) is 0 Å². The Morgan fingerprint density at radius 3 is 2.57 bits per heavy atom. The highest BCUT2D eigenvalue weighted by atomic mass is 35.5. The third kappa shape index (κ3) is 5.02. The summed E-state index contributed by atoms with van der Waals surface area (Å²) >= 11 is 6.03. The molecule has 0 saturated heterocycles. The van der Waals surface area contributed by atoms with Crippen molar-refractivity contribution >= 4 is 29.2 Å². The molecule has 0 saturated carbocycles. The van der Waals surface area contributed by atoms with Crippen LogP contribution in [0.4, 0.5) is 5.69 Å². The van der Waals surface area contributed by atoms with Gasteiger partial charge in [0.1, 0.15) is 18.7 Å². The van der Waals surface area contributed by atoms with E-state index in [1.54, 1.807) is 6.07 Å². The summed E-state index contributed by atoms with van der Waals surface area (Å²) in [5, 5.41) is 7.97. The highest BCUT2D eigenvalue weighted by Gasteiger charge is 2.24. The van der Waals surface area contributed by atoms with Crippen LogP contribution in [-0.4, -0.2) is 35.7 Å². The van der Waals surface area contributed by atoms with Crippen LogP contribution in [0.15, 0.2) is 24.3 Å². The number of carbonyl (C=O) groups excluding carboxylic acids is 1. The average molecular weight is 314 g/mol. The van der Waals surface area contributed by atoms with Gasteiger partial charge in [0.2, 0.25) is 5.91 Å². The first-order valence-electron chi connectivity index (χ1n) is 6.84. The number of aliphatic carboxylic acids is 1. The summed E-state index contributed by atoms with van der Waals surface area (Å²) in [4.78, 5) is 24.3. The number of benzene rings is 1. The van der Waals surface area contributed by atoms with E-state index in [0.717, 1.165) is 12.0 Å². The lowest BCUT2D eigenvalue weighted by Crippen LogP contribution is -2.39. The number of carboxylic acid groups (broad SMARTS) is 1. The van der Waals surface area contributed by atoms with Gasteiger partial charge in [0, 0.05) is 5.69 Å². The second-order valence-electron chi connectivity index (χ2n) is 4.50. The molecule has 116 valence electrons. The summed E-state index contributed by atoms with van der Waals surface area (Å²) in [6.45, 7) is 3.21. The summed E-state index contributed by atoms with van der Waals surface area (Å²) in [5.41, 5.74) is 1.68. The molecule has 0 bridgehead atoms. The number of para-hydroxylation sites is 1. The van der Waals surface area contributed by atoms with Crippen molar-refractivity contribution in [2.24, 2.45) is 0 Å². The number of nitrogens with zero attached hydrogens (tertiary/aromatic N) is 1. The molecule has 0 heterocycles. The van der Waals surface area contributed by atoms with Crippen LogP contribution >= 0.6 is 11.6 Å². The van der Waals surface area contributed by atoms with Gasteiger partial charge in [-0.1, -0.05) is 32.0 Å². The Kier molecular flexibility index (Phi) is 7.19. The quantitative estimate of drug-likeness (QED) is 0.592. The Labute approximate surface area is 129 Å². The molecule has 0 aliphatic carbocycles. The van der Waals surface area contributed by atoms with Gasteiger partial charge in [-0.25, -0.2) is 4.79 Å². The van der Waals surface area contributed by atoms with E-state index in [1.807, 2.05) is 32.0 Å². The van der Waals surface area contributed by atoms with E-state index in [1.165, 1.54) is 4.90 Å². The van der Waals surface area contributed by atoms with Gasteiger partial charge in [-0.15, -0.1) is 11.6 Å². The number of hydrogen-bond acceptors (Lipinski definition) is 3. The lowest BCUT2D eigenvalue weighted by Gasteiger charge is -2.26. The third-order valence-electron chi connectivity index (χ3n) is 3.00. The van der Waals surface area contributed by atoms with E-state index in [-0.39, 0.29) is 12.6 Å². The zero-order valence-electron chi connectivity index (χ0n) is 12.2. The molecule has 0 aliphatic rings. The molecule has 1 aromatic carbocycles. The fourth-order valence-electron chi connectivity index (χ4n) is 1.89. The smallest absolute Gasteiger partial charge is 0.329 e. The van der Waals surface area contributed by atoms with E-state index >= 15 is 0 Å². The topological polar surface area (TPSA) is 66.8 Å². The summed E-state index contributed by atoms with van der Waals surface area (Å²) in [6, 6.07) is 7.43. The lowest BCUT2D eigenvalue weighted by molar-refractivity contribution is -0.142. The number of rotatable bonds is 8. The molecule has 1 N–H and O–H groups in total. The van der Waals surface area contributed by atoms with E-state index in [2.05, 4.69) is 0 Å². The molecule has 0 fully saturated rings. The van der Waals surface area contributed by atoms with Gasteiger partial charge in [-0.2, -0.15) is 0 Å². The first-order chi connectivity index (χ1) is 10.0. The van der Waals surface area contributed by atoms with Crippen molar-refractivity contribution in [3.8, 4) is 0 Å². The Hall–Kier alpha value is -1.59. The fraction of sp³-hybridized carbons (Fsp3) is 0.467. The van der Waals surface area contributed by atoms with Crippen LogP contribution in [0.2, 0.25) is 0 Å². The zero-order valence-corrected chi connectivity index (χ0v) is 13.0. The van der Waals surface area contributed by atoms with Gasteiger partial charge in [0.25, 0.3) is 0 Å². The van der Waals surface area contributed by atoms with E-state index in [4.69, 9.17) is 21.4 Å². The molecule has 1 amide bonds. The maximum absolute atomic E-state index is 12.4. The third-order valence-corrected chi connectivity index (χ3v) is 3.50. The molecule has 0 spiro atoms. The molecule has 1 aromatic rings. The monoisotopic (exact) mass is 313 g/mol. The molecule has 6 heteroatoms. The largest absolute Gasteiger partial charge is 0.480 e. The molecule has 0 radical (unpaired) electrons. The van der Waals surface area contributed by atoms with Gasteiger partial charge in [-0.05, 0) is 24.5 Å². The van der Waals surface area contributed by atoms with Crippen LogP contribution in [0.5, 0.6) is 0 Å². The number of carbonyl (C=O) groups is 2. The Bertz CT molecular complexity index is 492. The van der Waals surface area contributed by atoms with E-state index in [0.29, 0.717) is 12.1 Å². The predicted molar refractivity (Wildman–Crippen MR) is 81.7 cm³/mol. The SMILES string of the molecule is CCc1ccccc1N(COCC(=O)O)C(=O)C(Cl)CC. The number of carboxylic acids is 1. The highest BCUT2D eigenvalue weighted by Crippen LogP contribution is 2.23. The minimum atomic E-state index is -1.08. The summed E-state index contributed by atoms with van der Waals surface area (Å²) in [5.74, 6) is -1.37. The van der Waals surface area contributed by atoms with Crippen LogP contribution in [-0.2, 0) is 20.7 Å². The minimum absolute atomic E-state index is 0.134. The number of halogens is 1. The second kappa shape index (κ2) is 8.64. The number of hydrogen-bond donors (Lipinski definition) is 1. The average Bonchev–Trinajstić information content (AvgIpc) is 2.50. The maximum atomic E-state index is 12.4. The van der Waals surface area contributed by atoms with E-state index in [9.17, 15) is 9.59 Å². The molecule has 1 atom stereocenters.